The summed E-state index contributed by atoms with van der Waals surface area (Å²) in [6, 6.07) is 96.6. The van der Waals surface area contributed by atoms with Crippen LogP contribution in [0.2, 0.25) is 0 Å². The highest BCUT2D eigenvalue weighted by Gasteiger charge is 2.24. The first-order valence-electron chi connectivity index (χ1n) is 27.0. The van der Waals surface area contributed by atoms with E-state index < -0.39 is 0 Å². The van der Waals surface area contributed by atoms with Gasteiger partial charge in [0.2, 0.25) is 0 Å². The van der Waals surface area contributed by atoms with Crippen LogP contribution in [0.15, 0.2) is 280 Å². The molecule has 0 radical (unpaired) electrons. The van der Waals surface area contributed by atoms with E-state index >= 15 is 0 Å². The topological polar surface area (TPSA) is 39.4 Å². The molecule has 3 nitrogen and oxygen atoms in total. The van der Waals surface area contributed by atoms with E-state index in [1.54, 1.807) is 0 Å². The Morgan fingerprint density at radius 2 is 0.456 bits per heavy atom. The van der Waals surface area contributed by atoms with Crippen LogP contribution < -0.4 is 0 Å². The van der Waals surface area contributed by atoms with E-state index in [9.17, 15) is 0 Å². The number of furan rings is 3. The highest BCUT2D eigenvalue weighted by atomic mass is 16.3. The van der Waals surface area contributed by atoms with E-state index in [0.29, 0.717) is 0 Å². The summed E-state index contributed by atoms with van der Waals surface area (Å²) < 4.78 is 19.8. The van der Waals surface area contributed by atoms with Gasteiger partial charge in [0.1, 0.15) is 33.5 Å². The monoisotopic (exact) mass is 1000 g/mol. The predicted octanol–water partition coefficient (Wildman–Crippen LogP) is 22.0. The van der Waals surface area contributed by atoms with Gasteiger partial charge < -0.3 is 13.3 Å². The van der Waals surface area contributed by atoms with Crippen molar-refractivity contribution < 1.29 is 13.3 Å². The van der Waals surface area contributed by atoms with Crippen LogP contribution in [0.4, 0.5) is 0 Å². The zero-order valence-corrected chi connectivity index (χ0v) is 42.6. The third-order valence-electron chi connectivity index (χ3n) is 16.6. The standard InChI is InChI=1S/C76H44O3/c1-3-16-45(17-4-1)47-30-35-66-61(40-47)63-42-49(32-37-68(63)77-66)72-52-20-7-9-22-54(52)74(55-23-10-8-21-53(55)72)51-34-39-70-65(44-51)76-60(28-15-29-71(76)79-70)75-58-26-13-11-24-56(58)73(57-25-12-14-27-59(57)75)50-33-38-69-64(43-50)62-41-48(31-36-67(62)78-69)46-18-5-2-6-19-46/h1-44H. The van der Waals surface area contributed by atoms with Gasteiger partial charge >= 0.3 is 0 Å². The zero-order valence-electron chi connectivity index (χ0n) is 42.6. The minimum absolute atomic E-state index is 0.855. The second-order valence-electron chi connectivity index (χ2n) is 21.0. The Bertz CT molecular complexity index is 5250. The van der Waals surface area contributed by atoms with Gasteiger partial charge in [0, 0.05) is 32.3 Å². The number of hydrogen-bond donors (Lipinski definition) is 0. The normalized spacial score (nSPS) is 12.1. The first kappa shape index (κ1) is 43.7. The Kier molecular flexibility index (Phi) is 9.42. The van der Waals surface area contributed by atoms with E-state index in [2.05, 4.69) is 267 Å². The summed E-state index contributed by atoms with van der Waals surface area (Å²) in [5.74, 6) is 0. The molecule has 0 aliphatic rings. The summed E-state index contributed by atoms with van der Waals surface area (Å²) in [5, 5.41) is 16.1. The molecule has 0 amide bonds. The summed E-state index contributed by atoms with van der Waals surface area (Å²) in [6.45, 7) is 0. The maximum absolute atomic E-state index is 6.85. The molecule has 366 valence electrons. The highest BCUT2D eigenvalue weighted by Crippen LogP contribution is 2.50. The SMILES string of the molecule is c1ccc(-c2ccc3oc4ccc(-c5c6ccccc6c(-c6ccc7oc8cccc(-c9c%10ccccc%10c(-c%10ccc%11oc%12ccc(-c%13ccccc%13)cc%12c%11c%10)c%10ccccc9%10)c8c7c6)c6ccccc56)cc4c3c2)cc1. The Balaban J connectivity index is 0.850. The quantitative estimate of drug-likeness (QED) is 0.156. The molecule has 0 spiro atoms. The van der Waals surface area contributed by atoms with Gasteiger partial charge in [-0.1, -0.05) is 200 Å². The van der Waals surface area contributed by atoms with Crippen molar-refractivity contribution in [3.63, 3.8) is 0 Å². The van der Waals surface area contributed by atoms with Crippen LogP contribution in [0.3, 0.4) is 0 Å². The molecule has 0 aliphatic carbocycles. The van der Waals surface area contributed by atoms with Crippen LogP contribution in [0.1, 0.15) is 0 Å². The van der Waals surface area contributed by atoms with Crippen molar-refractivity contribution in [3.05, 3.63) is 267 Å². The molecule has 0 bridgehead atoms. The molecule has 0 aliphatic heterocycles. The fourth-order valence-corrected chi connectivity index (χ4v) is 13.2. The van der Waals surface area contributed by atoms with Crippen molar-refractivity contribution in [1.82, 2.24) is 0 Å². The predicted molar refractivity (Wildman–Crippen MR) is 331 cm³/mol. The van der Waals surface area contributed by atoms with Gasteiger partial charge in [0.15, 0.2) is 0 Å². The molecule has 79 heavy (non-hydrogen) atoms. The number of benzene rings is 14. The highest BCUT2D eigenvalue weighted by molar-refractivity contribution is 6.28. The minimum atomic E-state index is 0.855. The Labute approximate surface area is 453 Å². The van der Waals surface area contributed by atoms with Crippen LogP contribution in [-0.4, -0.2) is 0 Å². The van der Waals surface area contributed by atoms with Crippen LogP contribution >= 0.6 is 0 Å². The van der Waals surface area contributed by atoms with Gasteiger partial charge in [-0.15, -0.1) is 0 Å². The van der Waals surface area contributed by atoms with Gasteiger partial charge in [0.25, 0.3) is 0 Å². The molecule has 3 heteroatoms. The number of rotatable bonds is 6. The second kappa shape index (κ2) is 17.0. The Morgan fingerprint density at radius 3 is 0.835 bits per heavy atom. The Hall–Kier alpha value is -10.5. The van der Waals surface area contributed by atoms with E-state index in [1.165, 1.54) is 87.6 Å². The average molecular weight is 1010 g/mol. The third-order valence-corrected chi connectivity index (χ3v) is 16.6. The molecule has 0 unspecified atom stereocenters. The van der Waals surface area contributed by atoms with E-state index in [4.69, 9.17) is 13.3 Å². The first-order valence-corrected chi connectivity index (χ1v) is 27.0. The van der Waals surface area contributed by atoms with Crippen molar-refractivity contribution in [2.75, 3.05) is 0 Å². The smallest absolute Gasteiger partial charge is 0.136 e. The van der Waals surface area contributed by atoms with Gasteiger partial charge in [-0.05, 0) is 177 Å². The van der Waals surface area contributed by atoms with E-state index in [1.807, 2.05) is 0 Å². The van der Waals surface area contributed by atoms with Gasteiger partial charge in [0.05, 0.1) is 0 Å². The minimum Gasteiger partial charge on any atom is -0.456 e. The molecule has 17 aromatic rings. The molecule has 0 saturated heterocycles. The van der Waals surface area contributed by atoms with Crippen LogP contribution in [-0.2, 0) is 0 Å². The van der Waals surface area contributed by atoms with Crippen molar-refractivity contribution >= 4 is 109 Å². The number of fused-ring (bicyclic) bond motifs is 13. The molecule has 3 heterocycles. The van der Waals surface area contributed by atoms with Crippen LogP contribution in [0.5, 0.6) is 0 Å². The van der Waals surface area contributed by atoms with Gasteiger partial charge in [-0.2, -0.15) is 0 Å². The van der Waals surface area contributed by atoms with E-state index in [0.717, 1.165) is 88.1 Å². The number of hydrogen-bond acceptors (Lipinski definition) is 3. The summed E-state index contributed by atoms with van der Waals surface area (Å²) in [4.78, 5) is 0. The molecule has 0 fully saturated rings. The molecular formula is C76H44O3. The molecule has 0 saturated carbocycles. The molecule has 3 aromatic heterocycles. The molecule has 17 rings (SSSR count). The van der Waals surface area contributed by atoms with Gasteiger partial charge in [-0.3, -0.25) is 0 Å². The van der Waals surface area contributed by atoms with Crippen LogP contribution in [0.25, 0.3) is 176 Å². The molecule has 0 atom stereocenters. The summed E-state index contributed by atoms with van der Waals surface area (Å²) in [7, 11) is 0. The fraction of sp³-hybridized carbons (Fsp3) is 0. The van der Waals surface area contributed by atoms with Crippen molar-refractivity contribution in [2.45, 2.75) is 0 Å². The third kappa shape index (κ3) is 6.67. The zero-order chi connectivity index (χ0) is 51.7. The lowest BCUT2D eigenvalue weighted by Gasteiger charge is -2.18. The molecule has 14 aromatic carbocycles. The van der Waals surface area contributed by atoms with Crippen molar-refractivity contribution in [2.24, 2.45) is 0 Å². The summed E-state index contributed by atoms with van der Waals surface area (Å²) in [5.41, 5.74) is 19.3. The lowest BCUT2D eigenvalue weighted by molar-refractivity contribution is 0.668. The molecule has 0 N–H and O–H groups in total. The summed E-state index contributed by atoms with van der Waals surface area (Å²) in [6.07, 6.45) is 0. The lowest BCUT2D eigenvalue weighted by Crippen LogP contribution is -1.91. The maximum Gasteiger partial charge on any atom is 0.136 e. The molecular weight excluding hydrogens is 961 g/mol. The van der Waals surface area contributed by atoms with E-state index in [-0.39, 0.29) is 0 Å². The second-order valence-corrected chi connectivity index (χ2v) is 21.0. The largest absolute Gasteiger partial charge is 0.456 e. The van der Waals surface area contributed by atoms with Crippen LogP contribution in [0, 0.1) is 0 Å². The van der Waals surface area contributed by atoms with Crippen molar-refractivity contribution in [1.29, 1.82) is 0 Å². The van der Waals surface area contributed by atoms with Crippen molar-refractivity contribution in [3.8, 4) is 66.8 Å². The van der Waals surface area contributed by atoms with Gasteiger partial charge in [-0.25, -0.2) is 0 Å². The Morgan fingerprint density at radius 1 is 0.165 bits per heavy atom. The fourth-order valence-electron chi connectivity index (χ4n) is 13.2. The maximum atomic E-state index is 6.85. The lowest BCUT2D eigenvalue weighted by atomic mass is 9.84. The first-order chi connectivity index (χ1) is 39.2. The average Bonchev–Trinajstić information content (AvgIpc) is 4.39. The summed E-state index contributed by atoms with van der Waals surface area (Å²) >= 11 is 0.